The van der Waals surface area contributed by atoms with Gasteiger partial charge in [0, 0.05) is 0 Å². The zero-order valence-electron chi connectivity index (χ0n) is 14.8. The van der Waals surface area contributed by atoms with E-state index in [2.05, 4.69) is 5.32 Å². The molecule has 2 N–H and O–H groups in total. The second-order valence-corrected chi connectivity index (χ2v) is 6.05. The van der Waals surface area contributed by atoms with E-state index >= 15 is 0 Å². The average Bonchev–Trinajstić information content (AvgIpc) is 2.65. The molecule has 0 bridgehead atoms. The number of carboxylic acid groups (broad SMARTS) is 1. The van der Waals surface area contributed by atoms with Gasteiger partial charge < -0.3 is 9.84 Å². The number of rotatable bonds is 5. The molecule has 1 heterocycles. The maximum absolute atomic E-state index is 12.8. The van der Waals surface area contributed by atoms with Gasteiger partial charge >= 0.3 is 12.0 Å². The number of amides is 4. The molecule has 142 valence electrons. The minimum atomic E-state index is -1.13. The quantitative estimate of drug-likeness (QED) is 0.607. The number of imide groups is 2. The number of barbiturate groups is 1. The van der Waals surface area contributed by atoms with E-state index in [1.165, 1.54) is 12.1 Å². The number of carboxylic acids is 1. The van der Waals surface area contributed by atoms with Gasteiger partial charge in [0.2, 0.25) is 0 Å². The Bertz CT molecular complexity index is 994. The molecule has 0 radical (unpaired) electrons. The highest BCUT2D eigenvalue weighted by Crippen LogP contribution is 2.23. The highest BCUT2D eigenvalue weighted by atomic mass is 16.5. The molecule has 3 rings (SSSR count). The first-order valence-corrected chi connectivity index (χ1v) is 8.28. The Labute approximate surface area is 160 Å². The van der Waals surface area contributed by atoms with E-state index in [4.69, 9.17) is 9.84 Å². The lowest BCUT2D eigenvalue weighted by atomic mass is 10.1. The van der Waals surface area contributed by atoms with E-state index in [0.29, 0.717) is 11.3 Å². The topological polar surface area (TPSA) is 113 Å². The Kier molecular flexibility index (Phi) is 5.21. The molecule has 1 aliphatic rings. The SMILES string of the molecule is Cc1ccc(N2C(=O)NC(=O)C(=Cc3cccc(OCC(=O)O)c3)C2=O)cc1. The van der Waals surface area contributed by atoms with Crippen LogP contribution in [-0.2, 0) is 14.4 Å². The molecule has 1 fully saturated rings. The monoisotopic (exact) mass is 380 g/mol. The molecule has 4 amide bonds. The van der Waals surface area contributed by atoms with Crippen LogP contribution in [0.4, 0.5) is 10.5 Å². The van der Waals surface area contributed by atoms with Gasteiger partial charge in [-0.05, 0) is 42.8 Å². The van der Waals surface area contributed by atoms with Crippen LogP contribution in [0.25, 0.3) is 6.08 Å². The minimum absolute atomic E-state index is 0.226. The number of urea groups is 1. The number of ether oxygens (including phenoxy) is 1. The van der Waals surface area contributed by atoms with Crippen LogP contribution in [-0.4, -0.2) is 35.5 Å². The fourth-order valence-electron chi connectivity index (χ4n) is 2.59. The molecule has 8 nitrogen and oxygen atoms in total. The Balaban J connectivity index is 1.92. The lowest BCUT2D eigenvalue weighted by Crippen LogP contribution is -2.54. The molecular weight excluding hydrogens is 364 g/mol. The average molecular weight is 380 g/mol. The van der Waals surface area contributed by atoms with Crippen molar-refractivity contribution in [2.45, 2.75) is 6.92 Å². The summed E-state index contributed by atoms with van der Waals surface area (Å²) in [6.45, 7) is 1.35. The first-order chi connectivity index (χ1) is 13.3. The second kappa shape index (κ2) is 7.75. The van der Waals surface area contributed by atoms with Gasteiger partial charge in [-0.2, -0.15) is 0 Å². The molecule has 0 spiro atoms. The predicted molar refractivity (Wildman–Crippen MR) is 99.8 cm³/mol. The van der Waals surface area contributed by atoms with Crippen molar-refractivity contribution < 1.29 is 29.0 Å². The van der Waals surface area contributed by atoms with E-state index in [1.54, 1.807) is 42.5 Å². The zero-order valence-corrected chi connectivity index (χ0v) is 14.8. The highest BCUT2D eigenvalue weighted by Gasteiger charge is 2.36. The van der Waals surface area contributed by atoms with Gasteiger partial charge in [-0.3, -0.25) is 14.9 Å². The van der Waals surface area contributed by atoms with Crippen LogP contribution in [0, 0.1) is 6.92 Å². The molecule has 1 saturated heterocycles. The van der Waals surface area contributed by atoms with Gasteiger partial charge in [-0.25, -0.2) is 14.5 Å². The first-order valence-electron chi connectivity index (χ1n) is 8.28. The number of aryl methyl sites for hydroxylation is 1. The van der Waals surface area contributed by atoms with E-state index in [9.17, 15) is 19.2 Å². The molecule has 8 heteroatoms. The molecule has 0 saturated carbocycles. The standard InChI is InChI=1S/C20H16N2O6/c1-12-5-7-14(8-6-12)22-19(26)16(18(25)21-20(22)27)10-13-3-2-4-15(9-13)28-11-17(23)24/h2-10H,11H2,1H3,(H,23,24)(H,21,25,27). The van der Waals surface area contributed by atoms with Crippen molar-refractivity contribution in [2.24, 2.45) is 0 Å². The maximum atomic E-state index is 12.8. The number of carbonyl (C=O) groups excluding carboxylic acids is 3. The van der Waals surface area contributed by atoms with E-state index in [1.807, 2.05) is 6.92 Å². The van der Waals surface area contributed by atoms with Gasteiger partial charge in [-0.1, -0.05) is 29.8 Å². The summed E-state index contributed by atoms with van der Waals surface area (Å²) in [7, 11) is 0. The van der Waals surface area contributed by atoms with Crippen LogP contribution >= 0.6 is 0 Å². The van der Waals surface area contributed by atoms with Crippen LogP contribution < -0.4 is 15.0 Å². The van der Waals surface area contributed by atoms with Crippen LogP contribution in [0.15, 0.2) is 54.1 Å². The molecule has 0 aromatic heterocycles. The lowest BCUT2D eigenvalue weighted by molar-refractivity contribution is -0.139. The van der Waals surface area contributed by atoms with Crippen molar-refractivity contribution in [1.82, 2.24) is 5.32 Å². The number of hydrogen-bond acceptors (Lipinski definition) is 5. The van der Waals surface area contributed by atoms with Crippen LogP contribution in [0.3, 0.4) is 0 Å². The van der Waals surface area contributed by atoms with Crippen molar-refractivity contribution in [3.63, 3.8) is 0 Å². The maximum Gasteiger partial charge on any atom is 0.341 e. The third-order valence-electron chi connectivity index (χ3n) is 3.93. The summed E-state index contributed by atoms with van der Waals surface area (Å²) in [5.74, 6) is -2.42. The molecule has 2 aromatic carbocycles. The van der Waals surface area contributed by atoms with Crippen molar-refractivity contribution in [1.29, 1.82) is 0 Å². The Morgan fingerprint density at radius 1 is 1.14 bits per heavy atom. The Hall–Kier alpha value is -3.94. The van der Waals surface area contributed by atoms with Gasteiger partial charge in [0.15, 0.2) is 6.61 Å². The summed E-state index contributed by atoms with van der Waals surface area (Å²) in [6.07, 6.45) is 1.32. The smallest absolute Gasteiger partial charge is 0.341 e. The lowest BCUT2D eigenvalue weighted by Gasteiger charge is -2.26. The molecular formula is C20H16N2O6. The number of anilines is 1. The normalized spacial score (nSPS) is 15.5. The molecule has 0 atom stereocenters. The van der Waals surface area contributed by atoms with Crippen LogP contribution in [0.5, 0.6) is 5.75 Å². The van der Waals surface area contributed by atoms with Gasteiger partial charge in [-0.15, -0.1) is 0 Å². The van der Waals surface area contributed by atoms with Gasteiger partial charge in [0.1, 0.15) is 11.3 Å². The van der Waals surface area contributed by atoms with E-state index < -0.39 is 30.4 Å². The van der Waals surface area contributed by atoms with Crippen molar-refractivity contribution in [3.8, 4) is 5.75 Å². The van der Waals surface area contributed by atoms with Crippen molar-refractivity contribution >= 4 is 35.6 Å². The predicted octanol–water partition coefficient (Wildman–Crippen LogP) is 2.12. The summed E-state index contributed by atoms with van der Waals surface area (Å²) in [6, 6.07) is 12.2. The summed E-state index contributed by atoms with van der Waals surface area (Å²) in [5, 5.41) is 10.8. The second-order valence-electron chi connectivity index (χ2n) is 6.05. The summed E-state index contributed by atoms with van der Waals surface area (Å²) >= 11 is 0. The number of nitrogens with zero attached hydrogens (tertiary/aromatic N) is 1. The number of carbonyl (C=O) groups is 4. The van der Waals surface area contributed by atoms with Crippen LogP contribution in [0.1, 0.15) is 11.1 Å². The fourth-order valence-corrected chi connectivity index (χ4v) is 2.59. The number of hydrogen-bond donors (Lipinski definition) is 2. The zero-order chi connectivity index (χ0) is 20.3. The Morgan fingerprint density at radius 2 is 1.86 bits per heavy atom. The fraction of sp³-hybridized carbons (Fsp3) is 0.100. The summed E-state index contributed by atoms with van der Waals surface area (Å²) in [4.78, 5) is 48.7. The number of aliphatic carboxylic acids is 1. The van der Waals surface area contributed by atoms with E-state index in [0.717, 1.165) is 10.5 Å². The third kappa shape index (κ3) is 4.07. The molecule has 1 aliphatic heterocycles. The number of benzene rings is 2. The van der Waals surface area contributed by atoms with Gasteiger partial charge in [0.25, 0.3) is 11.8 Å². The molecule has 28 heavy (non-hydrogen) atoms. The molecule has 0 unspecified atom stereocenters. The van der Waals surface area contributed by atoms with Crippen molar-refractivity contribution in [3.05, 3.63) is 65.2 Å². The van der Waals surface area contributed by atoms with E-state index in [-0.39, 0.29) is 11.3 Å². The number of nitrogens with one attached hydrogen (secondary N) is 1. The van der Waals surface area contributed by atoms with Crippen molar-refractivity contribution in [2.75, 3.05) is 11.5 Å². The first kappa shape index (κ1) is 18.8. The molecule has 0 aliphatic carbocycles. The minimum Gasteiger partial charge on any atom is -0.482 e. The summed E-state index contributed by atoms with van der Waals surface area (Å²) in [5.41, 5.74) is 1.51. The molecule has 2 aromatic rings. The largest absolute Gasteiger partial charge is 0.482 e. The Morgan fingerprint density at radius 3 is 2.54 bits per heavy atom. The highest BCUT2D eigenvalue weighted by molar-refractivity contribution is 6.39. The van der Waals surface area contributed by atoms with Gasteiger partial charge in [0.05, 0.1) is 5.69 Å². The summed E-state index contributed by atoms with van der Waals surface area (Å²) < 4.78 is 5.09. The third-order valence-corrected chi connectivity index (χ3v) is 3.93. The van der Waals surface area contributed by atoms with Crippen LogP contribution in [0.2, 0.25) is 0 Å².